The van der Waals surface area contributed by atoms with Crippen molar-refractivity contribution >= 4 is 71.3 Å². The van der Waals surface area contributed by atoms with Crippen LogP contribution in [0.3, 0.4) is 0 Å². The minimum Gasteiger partial charge on any atom is -0.456 e. The number of para-hydroxylation sites is 1. The minimum atomic E-state index is 0.558. The predicted octanol–water partition coefficient (Wildman–Crippen LogP) is 15.4. The van der Waals surface area contributed by atoms with Crippen LogP contribution >= 0.6 is 0 Å². The highest BCUT2D eigenvalue weighted by molar-refractivity contribution is 6.16. The second kappa shape index (κ2) is 14.7. The molecule has 5 heteroatoms. The third-order valence-electron chi connectivity index (χ3n) is 11.9. The molecule has 2 aromatic heterocycles. The van der Waals surface area contributed by atoms with Crippen molar-refractivity contribution in [2.75, 3.05) is 4.90 Å². The van der Waals surface area contributed by atoms with Gasteiger partial charge in [0.05, 0.1) is 11.4 Å². The predicted molar refractivity (Wildman–Crippen MR) is 256 cm³/mol. The second-order valence-corrected chi connectivity index (χ2v) is 15.6. The summed E-state index contributed by atoms with van der Waals surface area (Å²) >= 11 is 0. The van der Waals surface area contributed by atoms with Gasteiger partial charge in [-0.1, -0.05) is 176 Å². The number of rotatable bonds is 7. The van der Waals surface area contributed by atoms with E-state index in [1.54, 1.807) is 0 Å². The molecule has 0 unspecified atom stereocenters. The van der Waals surface area contributed by atoms with E-state index < -0.39 is 0 Å². The molecule has 12 aromatic rings. The fourth-order valence-electron chi connectivity index (χ4n) is 8.90. The Balaban J connectivity index is 1.15. The second-order valence-electron chi connectivity index (χ2n) is 15.6. The maximum absolute atomic E-state index is 6.79. The van der Waals surface area contributed by atoms with Gasteiger partial charge in [0.1, 0.15) is 11.2 Å². The van der Waals surface area contributed by atoms with E-state index in [9.17, 15) is 0 Å². The first-order chi connectivity index (χ1) is 30.7. The number of hydrogen-bond donors (Lipinski definition) is 0. The molecule has 0 amide bonds. The van der Waals surface area contributed by atoms with Gasteiger partial charge in [0.15, 0.2) is 17.5 Å². The molecule has 5 nitrogen and oxygen atoms in total. The molecule has 0 spiro atoms. The van der Waals surface area contributed by atoms with Crippen molar-refractivity contribution in [3.63, 3.8) is 0 Å². The molecular formula is C57H36N4O. The molecule has 12 rings (SSSR count). The van der Waals surface area contributed by atoms with Crippen molar-refractivity contribution in [1.29, 1.82) is 0 Å². The SMILES string of the molecule is c1ccc(-c2ccc(N(c3cc(-c4nc(-c5ccccc5)nc(-c5ccc6ccccc6c5)n4)c4c(c3)oc3ccccc34)c3cc4ccccc4c4ccccc34)cc2)cc1. The van der Waals surface area contributed by atoms with E-state index in [2.05, 4.69) is 181 Å². The number of anilines is 3. The third-order valence-corrected chi connectivity index (χ3v) is 11.9. The lowest BCUT2D eigenvalue weighted by Crippen LogP contribution is -2.11. The van der Waals surface area contributed by atoms with E-state index in [-0.39, 0.29) is 0 Å². The number of benzene rings is 10. The fraction of sp³-hybridized carbons (Fsp3) is 0. The molecule has 0 radical (unpaired) electrons. The summed E-state index contributed by atoms with van der Waals surface area (Å²) in [5.41, 5.74) is 9.47. The lowest BCUT2D eigenvalue weighted by Gasteiger charge is -2.28. The Morgan fingerprint density at radius 1 is 0.323 bits per heavy atom. The molecule has 0 atom stereocenters. The standard InChI is InChI=1S/C57H36N4O/c1-3-15-37(16-4-1)39-29-31-44(32-30-39)61(51-34-42-21-9-10-22-46(42)47-23-11-12-24-48(47)51)45-35-50(54-49-25-13-14-26-52(49)62-53(54)36-45)57-59-55(40-18-5-2-6-19-40)58-56(60-57)43-28-27-38-17-7-8-20-41(38)33-43/h1-36H. The Bertz CT molecular complexity index is 3640. The molecule has 290 valence electrons. The Hall–Kier alpha value is -8.41. The highest BCUT2D eigenvalue weighted by Crippen LogP contribution is 2.46. The summed E-state index contributed by atoms with van der Waals surface area (Å²) < 4.78 is 6.79. The van der Waals surface area contributed by atoms with Crippen LogP contribution < -0.4 is 4.90 Å². The molecule has 0 N–H and O–H groups in total. The molecule has 0 aliphatic heterocycles. The molecule has 0 bridgehead atoms. The summed E-state index contributed by atoms with van der Waals surface area (Å²) in [5, 5.41) is 8.90. The first kappa shape index (κ1) is 35.5. The Morgan fingerprint density at radius 3 is 1.66 bits per heavy atom. The normalized spacial score (nSPS) is 11.5. The van der Waals surface area contributed by atoms with Crippen molar-refractivity contribution in [3.8, 4) is 45.3 Å². The van der Waals surface area contributed by atoms with Crippen LogP contribution in [0.25, 0.3) is 99.5 Å². The van der Waals surface area contributed by atoms with Crippen molar-refractivity contribution < 1.29 is 4.42 Å². The van der Waals surface area contributed by atoms with Gasteiger partial charge in [0, 0.05) is 44.6 Å². The van der Waals surface area contributed by atoms with Gasteiger partial charge in [0.2, 0.25) is 0 Å². The molecule has 0 fully saturated rings. The largest absolute Gasteiger partial charge is 0.456 e. The first-order valence-corrected chi connectivity index (χ1v) is 20.8. The van der Waals surface area contributed by atoms with Gasteiger partial charge in [-0.3, -0.25) is 0 Å². The molecule has 62 heavy (non-hydrogen) atoms. The maximum Gasteiger partial charge on any atom is 0.164 e. The molecule has 10 aromatic carbocycles. The van der Waals surface area contributed by atoms with Crippen LogP contribution in [-0.4, -0.2) is 15.0 Å². The Morgan fingerprint density at radius 2 is 0.887 bits per heavy atom. The van der Waals surface area contributed by atoms with Crippen LogP contribution in [0.1, 0.15) is 0 Å². The molecule has 2 heterocycles. The van der Waals surface area contributed by atoms with Crippen LogP contribution in [0.15, 0.2) is 223 Å². The van der Waals surface area contributed by atoms with Crippen LogP contribution in [-0.2, 0) is 0 Å². The third kappa shape index (κ3) is 6.14. The number of fused-ring (bicyclic) bond motifs is 7. The molecule has 0 saturated carbocycles. The van der Waals surface area contributed by atoms with E-state index in [4.69, 9.17) is 19.4 Å². The van der Waals surface area contributed by atoms with Crippen molar-refractivity contribution in [3.05, 3.63) is 218 Å². The fourth-order valence-corrected chi connectivity index (χ4v) is 8.90. The van der Waals surface area contributed by atoms with Crippen LogP contribution in [0.4, 0.5) is 17.1 Å². The molecular weight excluding hydrogens is 757 g/mol. The number of nitrogens with zero attached hydrogens (tertiary/aromatic N) is 4. The van der Waals surface area contributed by atoms with Crippen LogP contribution in [0.2, 0.25) is 0 Å². The van der Waals surface area contributed by atoms with Crippen molar-refractivity contribution in [2.24, 2.45) is 0 Å². The zero-order valence-electron chi connectivity index (χ0n) is 33.5. The smallest absolute Gasteiger partial charge is 0.164 e. The number of hydrogen-bond acceptors (Lipinski definition) is 5. The topological polar surface area (TPSA) is 55.1 Å². The zero-order chi connectivity index (χ0) is 41.0. The average Bonchev–Trinajstić information content (AvgIpc) is 3.73. The van der Waals surface area contributed by atoms with E-state index in [1.807, 2.05) is 42.5 Å². The minimum absolute atomic E-state index is 0.558. The van der Waals surface area contributed by atoms with Crippen molar-refractivity contribution in [1.82, 2.24) is 15.0 Å². The maximum atomic E-state index is 6.79. The summed E-state index contributed by atoms with van der Waals surface area (Å²) in [4.78, 5) is 18.1. The van der Waals surface area contributed by atoms with E-state index in [0.717, 1.165) is 82.8 Å². The van der Waals surface area contributed by atoms with Crippen molar-refractivity contribution in [2.45, 2.75) is 0 Å². The lowest BCUT2D eigenvalue weighted by molar-refractivity contribution is 0.669. The van der Waals surface area contributed by atoms with Crippen LogP contribution in [0.5, 0.6) is 0 Å². The van der Waals surface area contributed by atoms with Gasteiger partial charge < -0.3 is 9.32 Å². The average molecular weight is 793 g/mol. The molecule has 0 aliphatic rings. The van der Waals surface area contributed by atoms with Gasteiger partial charge in [-0.25, -0.2) is 15.0 Å². The van der Waals surface area contributed by atoms with Gasteiger partial charge in [-0.15, -0.1) is 0 Å². The summed E-state index contributed by atoms with van der Waals surface area (Å²) in [6.45, 7) is 0. The highest BCUT2D eigenvalue weighted by atomic mass is 16.3. The Labute approximate surface area is 357 Å². The van der Waals surface area contributed by atoms with E-state index >= 15 is 0 Å². The van der Waals surface area contributed by atoms with Gasteiger partial charge in [-0.05, 0) is 74.5 Å². The number of furan rings is 1. The summed E-state index contributed by atoms with van der Waals surface area (Å²) in [5.74, 6) is 1.75. The quantitative estimate of drug-likeness (QED) is 0.150. The molecule has 0 saturated heterocycles. The van der Waals surface area contributed by atoms with Gasteiger partial charge in [-0.2, -0.15) is 0 Å². The lowest BCUT2D eigenvalue weighted by atomic mass is 9.98. The molecule has 0 aliphatic carbocycles. The van der Waals surface area contributed by atoms with Gasteiger partial charge in [0.25, 0.3) is 0 Å². The number of aromatic nitrogens is 3. The summed E-state index contributed by atoms with van der Waals surface area (Å²) in [6, 6.07) is 76.5. The van der Waals surface area contributed by atoms with E-state index in [0.29, 0.717) is 17.5 Å². The van der Waals surface area contributed by atoms with E-state index in [1.165, 1.54) is 16.3 Å². The highest BCUT2D eigenvalue weighted by Gasteiger charge is 2.24. The summed E-state index contributed by atoms with van der Waals surface area (Å²) in [7, 11) is 0. The monoisotopic (exact) mass is 792 g/mol. The van der Waals surface area contributed by atoms with Gasteiger partial charge >= 0.3 is 0 Å². The van der Waals surface area contributed by atoms with Crippen LogP contribution in [0, 0.1) is 0 Å². The zero-order valence-corrected chi connectivity index (χ0v) is 33.5. The summed E-state index contributed by atoms with van der Waals surface area (Å²) in [6.07, 6.45) is 0. The first-order valence-electron chi connectivity index (χ1n) is 20.8. The Kier molecular flexibility index (Phi) is 8.42.